The van der Waals surface area contributed by atoms with Gasteiger partial charge in [-0.05, 0) is 49.1 Å². The molecule has 0 saturated carbocycles. The second kappa shape index (κ2) is 8.54. The number of rotatable bonds is 4. The van der Waals surface area contributed by atoms with Gasteiger partial charge in [-0.2, -0.15) is 0 Å². The van der Waals surface area contributed by atoms with Crippen LogP contribution in [-0.2, 0) is 16.0 Å². The molecule has 1 N–H and O–H groups in total. The smallest absolute Gasteiger partial charge is 0.223 e. The number of piperidine rings is 1. The number of amides is 2. The molecule has 0 radical (unpaired) electrons. The number of ether oxygens (including phenoxy) is 1. The highest BCUT2D eigenvalue weighted by atomic mass is 32.1. The van der Waals surface area contributed by atoms with Crippen molar-refractivity contribution in [3.05, 3.63) is 47.5 Å². The van der Waals surface area contributed by atoms with E-state index in [0.29, 0.717) is 19.6 Å². The number of nitrogens with one attached hydrogen (secondary N) is 1. The van der Waals surface area contributed by atoms with Crippen LogP contribution in [0.5, 0.6) is 5.75 Å². The van der Waals surface area contributed by atoms with Crippen LogP contribution in [0.4, 0.5) is 0 Å². The van der Waals surface area contributed by atoms with Gasteiger partial charge in [0.1, 0.15) is 16.9 Å². The number of para-hydroxylation sites is 1. The molecule has 2 amide bonds. The van der Waals surface area contributed by atoms with Crippen LogP contribution in [-0.4, -0.2) is 47.4 Å². The maximum atomic E-state index is 12.7. The van der Waals surface area contributed by atoms with Crippen molar-refractivity contribution in [1.29, 1.82) is 0 Å². The zero-order valence-corrected chi connectivity index (χ0v) is 19.2. The molecule has 1 aromatic heterocycles. The third-order valence-electron chi connectivity index (χ3n) is 6.38. The lowest BCUT2D eigenvalue weighted by Gasteiger charge is -2.30. The van der Waals surface area contributed by atoms with Crippen LogP contribution >= 0.6 is 11.3 Å². The van der Waals surface area contributed by atoms with Crippen molar-refractivity contribution < 1.29 is 14.3 Å². The van der Waals surface area contributed by atoms with Crippen molar-refractivity contribution >= 4 is 33.4 Å². The van der Waals surface area contributed by atoms with Gasteiger partial charge in [-0.3, -0.25) is 9.59 Å². The highest BCUT2D eigenvalue weighted by molar-refractivity contribution is 7.21. The molecule has 166 valence electrons. The number of aromatic nitrogens is 1. The highest BCUT2D eigenvalue weighted by Gasteiger charge is 2.30. The van der Waals surface area contributed by atoms with Gasteiger partial charge in [0, 0.05) is 32.4 Å². The van der Waals surface area contributed by atoms with Gasteiger partial charge in [0.2, 0.25) is 11.8 Å². The van der Waals surface area contributed by atoms with Gasteiger partial charge in [0.25, 0.3) is 0 Å². The number of aryl methyl sites for hydroxylation is 1. The Balaban J connectivity index is 1.26. The Morgan fingerprint density at radius 1 is 1.22 bits per heavy atom. The molecule has 0 spiro atoms. The predicted molar refractivity (Wildman–Crippen MR) is 126 cm³/mol. The lowest BCUT2D eigenvalue weighted by atomic mass is 9.96. The van der Waals surface area contributed by atoms with E-state index in [0.717, 1.165) is 45.8 Å². The van der Waals surface area contributed by atoms with E-state index in [2.05, 4.69) is 30.4 Å². The normalized spacial score (nSPS) is 18.4. The molecule has 2 aromatic carbocycles. The minimum absolute atomic E-state index is 0.0325. The molecular weight excluding hydrogens is 422 g/mol. The van der Waals surface area contributed by atoms with Crippen molar-refractivity contribution in [2.24, 2.45) is 5.92 Å². The Morgan fingerprint density at radius 3 is 2.75 bits per heavy atom. The van der Waals surface area contributed by atoms with Gasteiger partial charge in [-0.1, -0.05) is 18.2 Å². The lowest BCUT2D eigenvalue weighted by Crippen LogP contribution is -2.44. The lowest BCUT2D eigenvalue weighted by molar-refractivity contribution is -0.134. The fraction of sp³-hybridized carbons (Fsp3) is 0.400. The van der Waals surface area contributed by atoms with Crippen molar-refractivity contribution in [3.8, 4) is 16.3 Å². The first-order valence-corrected chi connectivity index (χ1v) is 12.0. The number of fused-ring (bicyclic) bond motifs is 2. The maximum Gasteiger partial charge on any atom is 0.223 e. The number of hydrogen-bond donors (Lipinski definition) is 1. The van der Waals surface area contributed by atoms with Crippen LogP contribution in [0.2, 0.25) is 0 Å². The van der Waals surface area contributed by atoms with Gasteiger partial charge in [-0.15, -0.1) is 11.3 Å². The largest absolute Gasteiger partial charge is 0.487 e. The first-order chi connectivity index (χ1) is 15.5. The molecule has 5 rings (SSSR count). The number of hydrogen-bond acceptors (Lipinski definition) is 5. The van der Waals surface area contributed by atoms with Crippen molar-refractivity contribution in [2.45, 2.75) is 39.2 Å². The summed E-state index contributed by atoms with van der Waals surface area (Å²) in [6.07, 6.45) is 2.13. The molecule has 3 heterocycles. The Kier molecular flexibility index (Phi) is 5.59. The number of carbonyl (C=O) groups excluding carboxylic acids is 2. The predicted octanol–water partition coefficient (Wildman–Crippen LogP) is 3.95. The second-order valence-corrected chi connectivity index (χ2v) is 9.79. The fourth-order valence-electron chi connectivity index (χ4n) is 4.67. The van der Waals surface area contributed by atoms with Gasteiger partial charge >= 0.3 is 0 Å². The van der Waals surface area contributed by atoms with Crippen LogP contribution in [0.15, 0.2) is 36.4 Å². The summed E-state index contributed by atoms with van der Waals surface area (Å²) in [6.45, 7) is 5.48. The van der Waals surface area contributed by atoms with E-state index in [1.54, 1.807) is 18.3 Å². The minimum Gasteiger partial charge on any atom is -0.487 e. The Labute approximate surface area is 191 Å². The zero-order valence-electron chi connectivity index (χ0n) is 18.4. The summed E-state index contributed by atoms with van der Waals surface area (Å²) >= 11 is 1.68. The molecule has 7 heteroatoms. The van der Waals surface area contributed by atoms with Gasteiger partial charge in [-0.25, -0.2) is 4.98 Å². The van der Waals surface area contributed by atoms with E-state index in [4.69, 9.17) is 9.72 Å². The van der Waals surface area contributed by atoms with E-state index in [-0.39, 0.29) is 23.8 Å². The van der Waals surface area contributed by atoms with Crippen LogP contribution in [0.1, 0.15) is 30.9 Å². The zero-order chi connectivity index (χ0) is 22.2. The number of benzene rings is 2. The molecule has 32 heavy (non-hydrogen) atoms. The monoisotopic (exact) mass is 449 g/mol. The summed E-state index contributed by atoms with van der Waals surface area (Å²) in [6, 6.07) is 12.5. The first-order valence-electron chi connectivity index (χ1n) is 11.2. The summed E-state index contributed by atoms with van der Waals surface area (Å²) in [5.41, 5.74) is 4.39. The van der Waals surface area contributed by atoms with E-state index in [1.807, 2.05) is 23.1 Å². The van der Waals surface area contributed by atoms with Crippen LogP contribution in [0.25, 0.3) is 20.8 Å². The Bertz CT molecular complexity index is 1150. The van der Waals surface area contributed by atoms with Crippen LogP contribution in [0, 0.1) is 12.8 Å². The summed E-state index contributed by atoms with van der Waals surface area (Å²) in [5, 5.41) is 4.05. The Morgan fingerprint density at radius 2 is 2.00 bits per heavy atom. The molecule has 1 fully saturated rings. The van der Waals surface area contributed by atoms with Crippen LogP contribution in [0.3, 0.4) is 0 Å². The van der Waals surface area contributed by atoms with Crippen molar-refractivity contribution in [2.75, 3.05) is 19.6 Å². The molecule has 2 aliphatic rings. The summed E-state index contributed by atoms with van der Waals surface area (Å²) in [5.74, 6) is 1.01. The fourth-order valence-corrected chi connectivity index (χ4v) is 5.65. The topological polar surface area (TPSA) is 71.5 Å². The molecule has 0 bridgehead atoms. The average molecular weight is 450 g/mol. The van der Waals surface area contributed by atoms with E-state index >= 15 is 0 Å². The van der Waals surface area contributed by atoms with Crippen molar-refractivity contribution in [1.82, 2.24) is 15.2 Å². The van der Waals surface area contributed by atoms with E-state index in [1.165, 1.54) is 11.1 Å². The molecule has 1 unspecified atom stereocenters. The molecule has 6 nitrogen and oxygen atoms in total. The summed E-state index contributed by atoms with van der Waals surface area (Å²) in [4.78, 5) is 30.8. The third kappa shape index (κ3) is 4.09. The number of carbonyl (C=O) groups is 2. The number of likely N-dealkylation sites (tertiary alicyclic amines) is 1. The highest BCUT2D eigenvalue weighted by Crippen LogP contribution is 2.42. The molecule has 2 aliphatic heterocycles. The molecule has 0 aliphatic carbocycles. The Hall–Kier alpha value is -2.93. The number of nitrogens with zero attached hydrogens (tertiary/aromatic N) is 2. The van der Waals surface area contributed by atoms with Crippen molar-refractivity contribution in [3.63, 3.8) is 0 Å². The summed E-state index contributed by atoms with van der Waals surface area (Å²) < 4.78 is 7.49. The molecule has 1 saturated heterocycles. The maximum absolute atomic E-state index is 12.7. The molecule has 3 aromatic rings. The quantitative estimate of drug-likeness (QED) is 0.655. The number of thiazole rings is 1. The van der Waals surface area contributed by atoms with Gasteiger partial charge < -0.3 is 15.0 Å². The van der Waals surface area contributed by atoms with Crippen LogP contribution < -0.4 is 10.1 Å². The van der Waals surface area contributed by atoms with E-state index in [9.17, 15) is 9.59 Å². The average Bonchev–Trinajstić information content (AvgIpc) is 3.40. The standard InChI is InChI=1S/C25H27N3O3S/c1-15-11-18-13-19(14-26-24(30)17-7-9-28(10-8-17)16(2)29)31-23(18)20(12-15)25-27-21-5-3-4-6-22(21)32-25/h3-6,11-12,17,19H,7-10,13-14H2,1-2H3,(H,26,30). The van der Waals surface area contributed by atoms with Gasteiger partial charge in [0.05, 0.1) is 22.3 Å². The molecular formula is C25H27N3O3S. The SMILES string of the molecule is CC(=O)N1CCC(C(=O)NCC2Cc3cc(C)cc(-c4nc5ccccc5s4)c3O2)CC1. The molecule has 1 atom stereocenters. The second-order valence-electron chi connectivity index (χ2n) is 8.76. The first kappa shape index (κ1) is 20.9. The third-order valence-corrected chi connectivity index (χ3v) is 7.45. The minimum atomic E-state index is -0.0822. The summed E-state index contributed by atoms with van der Waals surface area (Å²) in [7, 11) is 0. The van der Waals surface area contributed by atoms with Gasteiger partial charge in [0.15, 0.2) is 0 Å². The van der Waals surface area contributed by atoms with E-state index < -0.39 is 0 Å².